The molecule has 0 bridgehead atoms. The third-order valence-corrected chi connectivity index (χ3v) is 4.69. The van der Waals surface area contributed by atoms with Crippen LogP contribution >= 0.6 is 23.6 Å². The predicted molar refractivity (Wildman–Crippen MR) is 86.5 cm³/mol. The average molecular weight is 314 g/mol. The number of benzene rings is 2. The molecule has 0 aliphatic heterocycles. The molecule has 21 heavy (non-hydrogen) atoms. The van der Waals surface area contributed by atoms with Crippen molar-refractivity contribution in [3.05, 3.63) is 63.0 Å². The first-order chi connectivity index (χ1) is 10.2. The Morgan fingerprint density at radius 1 is 1.00 bits per heavy atom. The lowest BCUT2D eigenvalue weighted by Gasteiger charge is -2.05. The van der Waals surface area contributed by atoms with E-state index in [1.165, 1.54) is 11.3 Å². The van der Waals surface area contributed by atoms with Crippen LogP contribution in [0.3, 0.4) is 0 Å². The van der Waals surface area contributed by atoms with Gasteiger partial charge in [0.2, 0.25) is 0 Å². The van der Waals surface area contributed by atoms with Gasteiger partial charge in [-0.3, -0.25) is 13.9 Å². The highest BCUT2D eigenvalue weighted by Gasteiger charge is 2.11. The molecule has 0 atom stereocenters. The Morgan fingerprint density at radius 2 is 1.71 bits per heavy atom. The second-order valence-corrected chi connectivity index (χ2v) is 6.01. The highest BCUT2D eigenvalue weighted by molar-refractivity contribution is 7.71. The number of hydrogen-bond acceptors (Lipinski definition) is 4. The Bertz CT molecular complexity index is 982. The molecule has 4 nitrogen and oxygen atoms in total. The highest BCUT2D eigenvalue weighted by Crippen LogP contribution is 2.20. The lowest BCUT2D eigenvalue weighted by Crippen LogP contribution is -2.18. The first-order valence-corrected chi connectivity index (χ1v) is 7.63. The first-order valence-electron chi connectivity index (χ1n) is 6.41. The third kappa shape index (κ3) is 1.95. The maximum atomic E-state index is 12.2. The van der Waals surface area contributed by atoms with Crippen molar-refractivity contribution in [3.8, 4) is 0 Å². The summed E-state index contributed by atoms with van der Waals surface area (Å²) in [5.74, 6) is 0. The van der Waals surface area contributed by atoms with Crippen molar-refractivity contribution in [2.24, 2.45) is 0 Å². The topological polar surface area (TPSA) is 40.1 Å². The minimum Gasteiger partial charge on any atom is -0.429 e. The molecule has 104 valence electrons. The zero-order valence-corrected chi connectivity index (χ0v) is 12.5. The van der Waals surface area contributed by atoms with Crippen LogP contribution in [0.4, 0.5) is 0 Å². The van der Waals surface area contributed by atoms with Crippen LogP contribution in [-0.2, 0) is 6.67 Å². The van der Waals surface area contributed by atoms with Crippen LogP contribution in [0.5, 0.6) is 0 Å². The summed E-state index contributed by atoms with van der Waals surface area (Å²) in [6.45, 7) is 0.360. The SMILES string of the molecule is O=c1sc2ccccc2n1Cn1c(=S)oc2ccccc21. The summed E-state index contributed by atoms with van der Waals surface area (Å²) in [6, 6.07) is 15.4. The van der Waals surface area contributed by atoms with Crippen LogP contribution in [0, 0.1) is 4.84 Å². The molecule has 0 aliphatic carbocycles. The average Bonchev–Trinajstić information content (AvgIpc) is 2.97. The van der Waals surface area contributed by atoms with E-state index in [2.05, 4.69) is 0 Å². The van der Waals surface area contributed by atoms with Crippen molar-refractivity contribution < 1.29 is 4.42 Å². The molecule has 4 aromatic rings. The molecule has 6 heteroatoms. The Hall–Kier alpha value is -2.18. The van der Waals surface area contributed by atoms with Gasteiger partial charge in [-0.2, -0.15) is 0 Å². The minimum atomic E-state index is 0.00313. The van der Waals surface area contributed by atoms with Gasteiger partial charge in [-0.25, -0.2) is 0 Å². The van der Waals surface area contributed by atoms with E-state index in [1.807, 2.05) is 53.1 Å². The summed E-state index contributed by atoms with van der Waals surface area (Å²) in [5.41, 5.74) is 2.54. The normalized spacial score (nSPS) is 11.4. The number of thiazole rings is 1. The van der Waals surface area contributed by atoms with Crippen molar-refractivity contribution in [1.29, 1.82) is 0 Å². The van der Waals surface area contributed by atoms with Gasteiger partial charge in [0.25, 0.3) is 4.84 Å². The summed E-state index contributed by atoms with van der Waals surface area (Å²) < 4.78 is 10.1. The molecule has 0 unspecified atom stereocenters. The van der Waals surface area contributed by atoms with Gasteiger partial charge in [0, 0.05) is 0 Å². The zero-order valence-electron chi connectivity index (χ0n) is 10.9. The number of oxazole rings is 1. The van der Waals surface area contributed by atoms with E-state index in [1.54, 1.807) is 4.57 Å². The maximum Gasteiger partial charge on any atom is 0.309 e. The molecule has 0 fully saturated rings. The van der Waals surface area contributed by atoms with E-state index in [0.717, 1.165) is 21.3 Å². The van der Waals surface area contributed by atoms with Crippen LogP contribution in [0.15, 0.2) is 57.7 Å². The van der Waals surface area contributed by atoms with E-state index in [4.69, 9.17) is 16.6 Å². The van der Waals surface area contributed by atoms with Gasteiger partial charge < -0.3 is 4.42 Å². The lowest BCUT2D eigenvalue weighted by molar-refractivity contribution is 0.516. The fourth-order valence-electron chi connectivity index (χ4n) is 2.44. The largest absolute Gasteiger partial charge is 0.429 e. The summed E-state index contributed by atoms with van der Waals surface area (Å²) in [7, 11) is 0. The standard InChI is InChI=1S/C15H10N2O2S2/c18-14-16(11-6-2-4-8-13(11)21-14)9-17-10-5-1-3-7-12(10)19-15(17)20/h1-8H,9H2. The van der Waals surface area contributed by atoms with Crippen molar-refractivity contribution in [1.82, 2.24) is 9.13 Å². The molecule has 2 aromatic carbocycles. The molecule has 0 amide bonds. The van der Waals surface area contributed by atoms with Crippen LogP contribution in [-0.4, -0.2) is 9.13 Å². The molecule has 2 heterocycles. The van der Waals surface area contributed by atoms with E-state index in [9.17, 15) is 4.79 Å². The van der Waals surface area contributed by atoms with E-state index in [-0.39, 0.29) is 4.87 Å². The quantitative estimate of drug-likeness (QED) is 0.528. The summed E-state index contributed by atoms with van der Waals surface area (Å²) in [4.78, 5) is 12.6. The number of nitrogens with zero attached hydrogens (tertiary/aromatic N) is 2. The minimum absolute atomic E-state index is 0.00313. The molecule has 0 saturated heterocycles. The van der Waals surface area contributed by atoms with Gasteiger partial charge in [0.15, 0.2) is 5.58 Å². The molecule has 0 spiro atoms. The number of rotatable bonds is 2. The van der Waals surface area contributed by atoms with Crippen LogP contribution in [0.1, 0.15) is 0 Å². The second kappa shape index (κ2) is 4.68. The van der Waals surface area contributed by atoms with Gasteiger partial charge in [0.1, 0.15) is 6.67 Å². The molecular formula is C15H10N2O2S2. The summed E-state index contributed by atoms with van der Waals surface area (Å²) in [6.07, 6.45) is 0. The summed E-state index contributed by atoms with van der Waals surface area (Å²) >= 11 is 6.52. The van der Waals surface area contributed by atoms with Crippen LogP contribution < -0.4 is 4.87 Å². The smallest absolute Gasteiger partial charge is 0.309 e. The van der Waals surface area contributed by atoms with Crippen molar-refractivity contribution in [2.75, 3.05) is 0 Å². The van der Waals surface area contributed by atoms with E-state index in [0.29, 0.717) is 11.5 Å². The third-order valence-electron chi connectivity index (χ3n) is 3.43. The highest BCUT2D eigenvalue weighted by atomic mass is 32.1. The maximum absolute atomic E-state index is 12.2. The fraction of sp³-hybridized carbons (Fsp3) is 0.0667. The Kier molecular flexibility index (Phi) is 2.80. The Labute approximate surface area is 128 Å². The van der Waals surface area contributed by atoms with Gasteiger partial charge in [0.05, 0.1) is 15.7 Å². The molecule has 0 saturated carbocycles. The lowest BCUT2D eigenvalue weighted by atomic mass is 10.3. The fourth-order valence-corrected chi connectivity index (χ4v) is 3.57. The molecule has 0 aliphatic rings. The molecule has 0 radical (unpaired) electrons. The van der Waals surface area contributed by atoms with Crippen molar-refractivity contribution in [3.63, 3.8) is 0 Å². The van der Waals surface area contributed by atoms with Gasteiger partial charge >= 0.3 is 4.87 Å². The van der Waals surface area contributed by atoms with Gasteiger partial charge in [-0.05, 0) is 36.5 Å². The Balaban J connectivity index is 1.95. The molecular weight excluding hydrogens is 304 g/mol. The first kappa shape index (κ1) is 12.6. The monoisotopic (exact) mass is 314 g/mol. The van der Waals surface area contributed by atoms with Crippen LogP contribution in [0.25, 0.3) is 21.3 Å². The molecule has 2 aromatic heterocycles. The number of fused-ring (bicyclic) bond motifs is 2. The van der Waals surface area contributed by atoms with Crippen LogP contribution in [0.2, 0.25) is 0 Å². The molecule has 4 rings (SSSR count). The summed E-state index contributed by atoms with van der Waals surface area (Å²) in [5, 5.41) is 0. The second-order valence-electron chi connectivity index (χ2n) is 4.67. The van der Waals surface area contributed by atoms with E-state index >= 15 is 0 Å². The van der Waals surface area contributed by atoms with Crippen molar-refractivity contribution in [2.45, 2.75) is 6.67 Å². The number of hydrogen-bond donors (Lipinski definition) is 0. The van der Waals surface area contributed by atoms with Gasteiger partial charge in [-0.15, -0.1) is 0 Å². The zero-order chi connectivity index (χ0) is 14.4. The number of para-hydroxylation sites is 3. The van der Waals surface area contributed by atoms with Crippen molar-refractivity contribution >= 4 is 44.9 Å². The Morgan fingerprint density at radius 3 is 2.57 bits per heavy atom. The number of aromatic nitrogens is 2. The van der Waals surface area contributed by atoms with Gasteiger partial charge in [-0.1, -0.05) is 35.6 Å². The molecule has 0 N–H and O–H groups in total. The van der Waals surface area contributed by atoms with E-state index < -0.39 is 0 Å². The predicted octanol–water partition coefficient (Wildman–Crippen LogP) is 3.85.